The van der Waals surface area contributed by atoms with Crippen LogP contribution in [0.25, 0.3) is 0 Å². The van der Waals surface area contributed by atoms with E-state index in [9.17, 15) is 13.2 Å². The number of sulfonamides is 1. The molecule has 5 nitrogen and oxygen atoms in total. The number of primary sulfonamides is 1. The molecule has 1 heterocycles. The van der Waals surface area contributed by atoms with Crippen LogP contribution in [0.15, 0.2) is 21.5 Å². The van der Waals surface area contributed by atoms with Crippen LogP contribution in [0.1, 0.15) is 42.1 Å². The van der Waals surface area contributed by atoms with Crippen LogP contribution in [0.5, 0.6) is 0 Å². The van der Waals surface area contributed by atoms with E-state index in [1.54, 1.807) is 17.9 Å². The van der Waals surface area contributed by atoms with E-state index in [1.165, 1.54) is 6.07 Å². The Labute approximate surface area is 133 Å². The lowest BCUT2D eigenvalue weighted by Crippen LogP contribution is -2.42. The van der Waals surface area contributed by atoms with E-state index in [4.69, 9.17) is 5.14 Å². The number of benzene rings is 1. The number of nitrogens with two attached hydrogens (primary N) is 1. The van der Waals surface area contributed by atoms with Gasteiger partial charge in [-0.05, 0) is 66.7 Å². The molecule has 1 aromatic rings. The number of piperidine rings is 1. The second-order valence-corrected chi connectivity index (χ2v) is 7.82. The van der Waals surface area contributed by atoms with E-state index in [2.05, 4.69) is 15.9 Å². The van der Waals surface area contributed by atoms with Crippen molar-refractivity contribution < 1.29 is 13.2 Å². The lowest BCUT2D eigenvalue weighted by atomic mass is 10.0. The zero-order valence-corrected chi connectivity index (χ0v) is 14.5. The number of carbonyl (C=O) groups excluding carboxylic acids is 1. The first kappa shape index (κ1) is 16.5. The van der Waals surface area contributed by atoms with E-state index in [1.807, 2.05) is 6.92 Å². The topological polar surface area (TPSA) is 80.5 Å². The van der Waals surface area contributed by atoms with Crippen LogP contribution in [0.4, 0.5) is 0 Å². The average Bonchev–Trinajstić information content (AvgIpc) is 2.40. The Morgan fingerprint density at radius 3 is 2.62 bits per heavy atom. The number of rotatable bonds is 2. The molecule has 1 aliphatic heterocycles. The lowest BCUT2D eigenvalue weighted by Gasteiger charge is -2.33. The van der Waals surface area contributed by atoms with Gasteiger partial charge in [0.05, 0.1) is 4.90 Å². The highest BCUT2D eigenvalue weighted by Crippen LogP contribution is 2.28. The smallest absolute Gasteiger partial charge is 0.254 e. The highest BCUT2D eigenvalue weighted by molar-refractivity contribution is 9.10. The first-order chi connectivity index (χ1) is 9.71. The molecule has 7 heteroatoms. The van der Waals surface area contributed by atoms with Crippen molar-refractivity contribution in [3.63, 3.8) is 0 Å². The standard InChI is InChI=1S/C14H19BrN2O3S/c1-9-7-11(8-12(13(9)15)21(16,19)20)14(18)17-6-4-3-5-10(17)2/h7-8,10H,3-6H2,1-2H3,(H2,16,19,20). The van der Waals surface area contributed by atoms with E-state index in [0.29, 0.717) is 22.1 Å². The molecule has 0 aliphatic carbocycles. The number of carbonyl (C=O) groups is 1. The number of amides is 1. The first-order valence-electron chi connectivity index (χ1n) is 6.85. The maximum atomic E-state index is 12.6. The molecular weight excluding hydrogens is 356 g/mol. The normalized spacial score (nSPS) is 19.6. The number of hydrogen-bond acceptors (Lipinski definition) is 3. The number of aryl methyl sites for hydroxylation is 1. The Morgan fingerprint density at radius 1 is 1.38 bits per heavy atom. The van der Waals surface area contributed by atoms with Gasteiger partial charge in [-0.2, -0.15) is 0 Å². The van der Waals surface area contributed by atoms with Gasteiger partial charge >= 0.3 is 0 Å². The van der Waals surface area contributed by atoms with Crippen molar-refractivity contribution in [1.82, 2.24) is 4.90 Å². The third-order valence-corrected chi connectivity index (χ3v) is 6.09. The third-order valence-electron chi connectivity index (χ3n) is 3.84. The molecule has 0 aromatic heterocycles. The summed E-state index contributed by atoms with van der Waals surface area (Å²) in [5.41, 5.74) is 1.04. The van der Waals surface area contributed by atoms with Gasteiger partial charge in [0.15, 0.2) is 0 Å². The van der Waals surface area contributed by atoms with Crippen molar-refractivity contribution in [3.8, 4) is 0 Å². The molecule has 0 spiro atoms. The molecule has 116 valence electrons. The molecule has 21 heavy (non-hydrogen) atoms. The van der Waals surface area contributed by atoms with Gasteiger partial charge in [0.1, 0.15) is 0 Å². The summed E-state index contributed by atoms with van der Waals surface area (Å²) in [4.78, 5) is 14.4. The van der Waals surface area contributed by atoms with Crippen molar-refractivity contribution in [1.29, 1.82) is 0 Å². The zero-order valence-electron chi connectivity index (χ0n) is 12.1. The first-order valence-corrected chi connectivity index (χ1v) is 9.19. The summed E-state index contributed by atoms with van der Waals surface area (Å²) in [7, 11) is -3.87. The predicted molar refractivity (Wildman–Crippen MR) is 84.6 cm³/mol. The number of halogens is 1. The van der Waals surface area contributed by atoms with Crippen LogP contribution < -0.4 is 5.14 Å². The van der Waals surface area contributed by atoms with Crippen molar-refractivity contribution in [3.05, 3.63) is 27.7 Å². The third kappa shape index (κ3) is 3.46. The van der Waals surface area contributed by atoms with E-state index >= 15 is 0 Å². The molecule has 0 saturated carbocycles. The van der Waals surface area contributed by atoms with Gasteiger partial charge in [0, 0.05) is 22.6 Å². The summed E-state index contributed by atoms with van der Waals surface area (Å²) < 4.78 is 23.7. The fourth-order valence-electron chi connectivity index (χ4n) is 2.63. The molecule has 1 unspecified atom stereocenters. The van der Waals surface area contributed by atoms with E-state index < -0.39 is 10.0 Å². The van der Waals surface area contributed by atoms with Gasteiger partial charge in [-0.1, -0.05) is 0 Å². The Hall–Kier alpha value is -0.920. The van der Waals surface area contributed by atoms with Gasteiger partial charge in [-0.15, -0.1) is 0 Å². The summed E-state index contributed by atoms with van der Waals surface area (Å²) in [6.45, 7) is 4.47. The fraction of sp³-hybridized carbons (Fsp3) is 0.500. The van der Waals surface area contributed by atoms with Crippen LogP contribution >= 0.6 is 15.9 Å². The maximum absolute atomic E-state index is 12.6. The molecule has 1 fully saturated rings. The summed E-state index contributed by atoms with van der Waals surface area (Å²) in [6, 6.07) is 3.23. The van der Waals surface area contributed by atoms with Gasteiger partial charge < -0.3 is 4.90 Å². The molecule has 2 rings (SSSR count). The van der Waals surface area contributed by atoms with Crippen LogP contribution in [0.3, 0.4) is 0 Å². The lowest BCUT2D eigenvalue weighted by molar-refractivity contribution is 0.0635. The van der Waals surface area contributed by atoms with Crippen molar-refractivity contribution >= 4 is 31.9 Å². The predicted octanol–water partition coefficient (Wildman–Crippen LogP) is 2.42. The number of hydrogen-bond donors (Lipinski definition) is 1. The zero-order chi connectivity index (χ0) is 15.8. The minimum atomic E-state index is -3.87. The molecule has 1 amide bonds. The number of nitrogens with zero attached hydrogens (tertiary/aromatic N) is 1. The maximum Gasteiger partial charge on any atom is 0.254 e. The second kappa shape index (κ2) is 6.06. The largest absolute Gasteiger partial charge is 0.336 e. The van der Waals surface area contributed by atoms with Crippen molar-refractivity contribution in [2.45, 2.75) is 44.0 Å². The number of likely N-dealkylation sites (tertiary alicyclic amines) is 1. The Morgan fingerprint density at radius 2 is 2.05 bits per heavy atom. The Kier molecular flexibility index (Phi) is 4.75. The molecule has 1 aliphatic rings. The molecule has 0 bridgehead atoms. The molecule has 2 N–H and O–H groups in total. The minimum absolute atomic E-state index is 0.0458. The van der Waals surface area contributed by atoms with Crippen LogP contribution in [-0.4, -0.2) is 31.8 Å². The molecule has 1 atom stereocenters. The van der Waals surface area contributed by atoms with Crippen LogP contribution in [0.2, 0.25) is 0 Å². The fourth-order valence-corrected chi connectivity index (χ4v) is 4.24. The highest BCUT2D eigenvalue weighted by Gasteiger charge is 2.26. The SMILES string of the molecule is Cc1cc(C(=O)N2CCCCC2C)cc(S(N)(=O)=O)c1Br. The van der Waals surface area contributed by atoms with E-state index in [0.717, 1.165) is 19.3 Å². The van der Waals surface area contributed by atoms with Crippen LogP contribution in [-0.2, 0) is 10.0 Å². The average molecular weight is 375 g/mol. The minimum Gasteiger partial charge on any atom is -0.336 e. The summed E-state index contributed by atoms with van der Waals surface area (Å²) in [5, 5.41) is 5.22. The molecule has 0 radical (unpaired) electrons. The summed E-state index contributed by atoms with van der Waals surface area (Å²) >= 11 is 3.22. The molecule has 1 saturated heterocycles. The van der Waals surface area contributed by atoms with Gasteiger partial charge in [-0.3, -0.25) is 4.79 Å². The van der Waals surface area contributed by atoms with Gasteiger partial charge in [-0.25, -0.2) is 13.6 Å². The Balaban J connectivity index is 2.45. The molecular formula is C14H19BrN2O3S. The van der Waals surface area contributed by atoms with Crippen molar-refractivity contribution in [2.24, 2.45) is 5.14 Å². The Bertz CT molecular complexity index is 673. The van der Waals surface area contributed by atoms with E-state index in [-0.39, 0.29) is 16.8 Å². The monoisotopic (exact) mass is 374 g/mol. The highest BCUT2D eigenvalue weighted by atomic mass is 79.9. The summed E-state index contributed by atoms with van der Waals surface area (Å²) in [6.07, 6.45) is 3.07. The quantitative estimate of drug-likeness (QED) is 0.862. The van der Waals surface area contributed by atoms with Crippen LogP contribution in [0, 0.1) is 6.92 Å². The summed E-state index contributed by atoms with van der Waals surface area (Å²) in [5.74, 6) is -0.136. The van der Waals surface area contributed by atoms with Gasteiger partial charge in [0.2, 0.25) is 10.0 Å². The van der Waals surface area contributed by atoms with Crippen molar-refractivity contribution in [2.75, 3.05) is 6.54 Å². The molecule has 1 aromatic carbocycles. The second-order valence-electron chi connectivity index (χ2n) is 5.49. The van der Waals surface area contributed by atoms with Gasteiger partial charge in [0.25, 0.3) is 5.91 Å².